The summed E-state index contributed by atoms with van der Waals surface area (Å²) in [5, 5.41) is 2.37. The van der Waals surface area contributed by atoms with Gasteiger partial charge in [-0.05, 0) is 56.1 Å². The molecule has 7 heteroatoms. The quantitative estimate of drug-likeness (QED) is 0.770. The minimum Gasteiger partial charge on any atom is -0.381 e. The highest BCUT2D eigenvalue weighted by Gasteiger charge is 2.45. The van der Waals surface area contributed by atoms with Gasteiger partial charge in [0.15, 0.2) is 0 Å². The number of nitrogens with two attached hydrogens (primary N) is 1. The van der Waals surface area contributed by atoms with Crippen LogP contribution in [0.5, 0.6) is 0 Å². The van der Waals surface area contributed by atoms with Gasteiger partial charge in [-0.15, -0.1) is 0 Å². The van der Waals surface area contributed by atoms with Gasteiger partial charge >= 0.3 is 6.03 Å². The Morgan fingerprint density at radius 1 is 1.18 bits per heavy atom. The van der Waals surface area contributed by atoms with Crippen molar-refractivity contribution < 1.29 is 19.1 Å². The summed E-state index contributed by atoms with van der Waals surface area (Å²) in [6, 6.07) is 7.33. The van der Waals surface area contributed by atoms with Crippen molar-refractivity contribution >= 4 is 17.8 Å². The Balaban J connectivity index is 1.50. The number of ether oxygens (including phenoxy) is 1. The van der Waals surface area contributed by atoms with Crippen LogP contribution >= 0.6 is 0 Å². The van der Waals surface area contributed by atoms with Gasteiger partial charge in [0.1, 0.15) is 5.92 Å². The lowest BCUT2D eigenvalue weighted by Crippen LogP contribution is -2.61. The molecule has 1 aromatic rings. The van der Waals surface area contributed by atoms with Crippen LogP contribution in [-0.4, -0.2) is 42.0 Å². The SMILES string of the molecule is N[C@@]1(CCC2C(=O)NC(=O)N(C3CCOCC3)C2=O)CCCc2ccccc21. The lowest BCUT2D eigenvalue weighted by Gasteiger charge is -2.39. The van der Waals surface area contributed by atoms with E-state index in [4.69, 9.17) is 10.5 Å². The Bertz CT molecular complexity index is 790. The van der Waals surface area contributed by atoms with Crippen LogP contribution in [0.4, 0.5) is 4.79 Å². The fourth-order valence-corrected chi connectivity index (χ4v) is 4.79. The number of rotatable bonds is 4. The van der Waals surface area contributed by atoms with Gasteiger partial charge in [0, 0.05) is 24.8 Å². The van der Waals surface area contributed by atoms with Crippen LogP contribution in [0.3, 0.4) is 0 Å². The molecule has 2 aliphatic heterocycles. The number of aryl methyl sites for hydroxylation is 1. The number of benzene rings is 1. The summed E-state index contributed by atoms with van der Waals surface area (Å²) in [5.41, 5.74) is 8.56. The van der Waals surface area contributed by atoms with Gasteiger partial charge in [0.05, 0.1) is 0 Å². The van der Waals surface area contributed by atoms with Gasteiger partial charge < -0.3 is 10.5 Å². The van der Waals surface area contributed by atoms with Crippen LogP contribution in [0.15, 0.2) is 24.3 Å². The molecular weight excluding hydrogens is 358 g/mol. The number of carbonyl (C=O) groups is 3. The Morgan fingerprint density at radius 2 is 1.93 bits per heavy atom. The fraction of sp³-hybridized carbons (Fsp3) is 0.571. The lowest BCUT2D eigenvalue weighted by molar-refractivity contribution is -0.145. The Kier molecular flexibility index (Phi) is 5.21. The fourth-order valence-electron chi connectivity index (χ4n) is 4.79. The molecule has 4 amide bonds. The molecule has 2 heterocycles. The third-order valence-electron chi connectivity index (χ3n) is 6.36. The smallest absolute Gasteiger partial charge is 0.331 e. The highest BCUT2D eigenvalue weighted by Crippen LogP contribution is 2.38. The van der Waals surface area contributed by atoms with E-state index in [0.717, 1.165) is 24.8 Å². The first-order chi connectivity index (χ1) is 13.5. The molecule has 0 radical (unpaired) electrons. The third-order valence-corrected chi connectivity index (χ3v) is 6.36. The molecule has 4 rings (SSSR count). The Hall–Kier alpha value is -2.25. The first-order valence-corrected chi connectivity index (χ1v) is 10.1. The van der Waals surface area contributed by atoms with Gasteiger partial charge in [0.25, 0.3) is 0 Å². The minimum atomic E-state index is -0.866. The van der Waals surface area contributed by atoms with Crippen molar-refractivity contribution in [1.82, 2.24) is 10.2 Å². The van der Waals surface area contributed by atoms with E-state index >= 15 is 0 Å². The maximum Gasteiger partial charge on any atom is 0.331 e. The van der Waals surface area contributed by atoms with Crippen molar-refractivity contribution in [3.8, 4) is 0 Å². The molecule has 28 heavy (non-hydrogen) atoms. The van der Waals surface area contributed by atoms with Crippen molar-refractivity contribution in [1.29, 1.82) is 0 Å². The number of hydrogen-bond acceptors (Lipinski definition) is 5. The van der Waals surface area contributed by atoms with Gasteiger partial charge in [-0.25, -0.2) is 4.79 Å². The summed E-state index contributed by atoms with van der Waals surface area (Å²) in [6.07, 6.45) is 4.90. The van der Waals surface area contributed by atoms with Crippen LogP contribution < -0.4 is 11.1 Å². The number of nitrogens with zero attached hydrogens (tertiary/aromatic N) is 1. The van der Waals surface area contributed by atoms with Crippen molar-refractivity contribution in [3.63, 3.8) is 0 Å². The molecule has 0 saturated carbocycles. The maximum atomic E-state index is 13.0. The average molecular weight is 385 g/mol. The molecule has 2 saturated heterocycles. The molecule has 0 aromatic heterocycles. The maximum absolute atomic E-state index is 13.0. The standard InChI is InChI=1S/C21H27N3O4/c22-21(10-3-5-14-4-1-2-6-17(14)21)11-7-16-18(25)23-20(27)24(19(16)26)15-8-12-28-13-9-15/h1-2,4,6,15-16H,3,5,7-13,22H2,(H,23,25,27)/t16?,21-/m1/s1. The lowest BCUT2D eigenvalue weighted by atomic mass is 9.73. The first kappa shape index (κ1) is 19.1. The number of urea groups is 1. The van der Waals surface area contributed by atoms with Crippen molar-refractivity contribution in [2.24, 2.45) is 11.7 Å². The molecule has 0 spiro atoms. The largest absolute Gasteiger partial charge is 0.381 e. The van der Waals surface area contributed by atoms with Crippen LogP contribution in [0.1, 0.15) is 49.7 Å². The zero-order valence-corrected chi connectivity index (χ0v) is 16.0. The molecule has 2 atom stereocenters. The number of hydrogen-bond donors (Lipinski definition) is 2. The number of fused-ring (bicyclic) bond motifs is 1. The van der Waals surface area contributed by atoms with Crippen LogP contribution in [0, 0.1) is 5.92 Å². The van der Waals surface area contributed by atoms with Gasteiger partial charge in [0.2, 0.25) is 11.8 Å². The predicted molar refractivity (Wildman–Crippen MR) is 102 cm³/mol. The van der Waals surface area contributed by atoms with E-state index < -0.39 is 29.3 Å². The molecule has 1 unspecified atom stereocenters. The highest BCUT2D eigenvalue weighted by molar-refractivity contribution is 6.16. The summed E-state index contributed by atoms with van der Waals surface area (Å²) >= 11 is 0. The van der Waals surface area contributed by atoms with E-state index in [0.29, 0.717) is 38.9 Å². The Morgan fingerprint density at radius 3 is 2.71 bits per heavy atom. The molecule has 150 valence electrons. The summed E-state index contributed by atoms with van der Waals surface area (Å²) < 4.78 is 5.33. The van der Waals surface area contributed by atoms with Crippen molar-refractivity contribution in [3.05, 3.63) is 35.4 Å². The second-order valence-electron chi connectivity index (χ2n) is 8.10. The number of imide groups is 2. The van der Waals surface area contributed by atoms with E-state index in [1.54, 1.807) is 0 Å². The Labute approximate surface area is 164 Å². The van der Waals surface area contributed by atoms with E-state index in [-0.39, 0.29) is 6.04 Å². The first-order valence-electron chi connectivity index (χ1n) is 10.1. The third kappa shape index (κ3) is 3.44. The van der Waals surface area contributed by atoms with E-state index in [1.807, 2.05) is 12.1 Å². The van der Waals surface area contributed by atoms with Crippen LogP contribution in [-0.2, 0) is 26.3 Å². The second kappa shape index (κ2) is 7.64. The zero-order chi connectivity index (χ0) is 19.7. The molecule has 7 nitrogen and oxygen atoms in total. The van der Waals surface area contributed by atoms with Gasteiger partial charge in [-0.1, -0.05) is 24.3 Å². The predicted octanol–water partition coefficient (Wildman–Crippen LogP) is 1.83. The van der Waals surface area contributed by atoms with Crippen LogP contribution in [0.2, 0.25) is 0 Å². The van der Waals surface area contributed by atoms with E-state index in [9.17, 15) is 14.4 Å². The molecule has 1 aliphatic carbocycles. The monoisotopic (exact) mass is 385 g/mol. The topological polar surface area (TPSA) is 102 Å². The highest BCUT2D eigenvalue weighted by atomic mass is 16.5. The molecular formula is C21H27N3O4. The number of carbonyl (C=O) groups excluding carboxylic acids is 3. The summed E-state index contributed by atoms with van der Waals surface area (Å²) in [6.45, 7) is 1.03. The number of nitrogens with one attached hydrogen (secondary N) is 1. The zero-order valence-electron chi connectivity index (χ0n) is 16.0. The van der Waals surface area contributed by atoms with Crippen molar-refractivity contribution in [2.45, 2.75) is 56.5 Å². The van der Waals surface area contributed by atoms with E-state index in [1.165, 1.54) is 10.5 Å². The van der Waals surface area contributed by atoms with Crippen molar-refractivity contribution in [2.75, 3.05) is 13.2 Å². The van der Waals surface area contributed by atoms with Crippen LogP contribution in [0.25, 0.3) is 0 Å². The number of amides is 4. The van der Waals surface area contributed by atoms with E-state index in [2.05, 4.69) is 17.4 Å². The molecule has 1 aromatic carbocycles. The average Bonchev–Trinajstić information content (AvgIpc) is 2.69. The second-order valence-corrected chi connectivity index (χ2v) is 8.10. The molecule has 0 bridgehead atoms. The molecule has 2 fully saturated rings. The number of barbiturate groups is 1. The molecule has 3 aliphatic rings. The van der Waals surface area contributed by atoms with Gasteiger partial charge in [-0.2, -0.15) is 0 Å². The summed E-state index contributed by atoms with van der Waals surface area (Å²) in [4.78, 5) is 39.0. The summed E-state index contributed by atoms with van der Waals surface area (Å²) in [5.74, 6) is -1.77. The molecule has 3 N–H and O–H groups in total. The minimum absolute atomic E-state index is 0.209. The van der Waals surface area contributed by atoms with Gasteiger partial charge in [-0.3, -0.25) is 19.8 Å². The summed E-state index contributed by atoms with van der Waals surface area (Å²) in [7, 11) is 0. The normalized spacial score (nSPS) is 28.8.